The molecule has 1 aromatic heterocycles. The summed E-state index contributed by atoms with van der Waals surface area (Å²) >= 11 is 0. The fourth-order valence-corrected chi connectivity index (χ4v) is 4.41. The van der Waals surface area contributed by atoms with Gasteiger partial charge in [0.05, 0.1) is 18.1 Å². The van der Waals surface area contributed by atoms with Crippen LogP contribution in [0.25, 0.3) is 0 Å². The van der Waals surface area contributed by atoms with Crippen LogP contribution < -0.4 is 0 Å². The summed E-state index contributed by atoms with van der Waals surface area (Å²) in [7, 11) is 0. The number of ether oxygens (including phenoxy) is 1. The van der Waals surface area contributed by atoms with Gasteiger partial charge in [-0.05, 0) is 51.3 Å². The maximum atomic E-state index is 10.6. The van der Waals surface area contributed by atoms with E-state index in [1.54, 1.807) is 6.26 Å². The Balaban J connectivity index is 0.000000257. The highest BCUT2D eigenvalue weighted by molar-refractivity contribution is 5.73. The summed E-state index contributed by atoms with van der Waals surface area (Å²) < 4.78 is 74.9. The molecule has 1 aromatic rings. The van der Waals surface area contributed by atoms with E-state index in [2.05, 4.69) is 15.9 Å². The molecule has 200 valence electrons. The Kier molecular flexibility index (Phi) is 9.98. The van der Waals surface area contributed by atoms with E-state index in [4.69, 9.17) is 29.0 Å². The molecule has 0 bridgehead atoms. The molecule has 3 aliphatic rings. The second kappa shape index (κ2) is 12.1. The smallest absolute Gasteiger partial charge is 0.475 e. The number of alkyl halides is 6. The molecule has 4 heterocycles. The summed E-state index contributed by atoms with van der Waals surface area (Å²) in [6.07, 6.45) is -0.122. The normalized spacial score (nSPS) is 25.5. The number of hydrogen-bond acceptors (Lipinski definition) is 6. The van der Waals surface area contributed by atoms with Crippen LogP contribution >= 0.6 is 0 Å². The predicted octanol–water partition coefficient (Wildman–Crippen LogP) is 3.77. The summed E-state index contributed by atoms with van der Waals surface area (Å²) in [5, 5.41) is 14.2. The van der Waals surface area contributed by atoms with E-state index in [1.165, 1.54) is 50.8 Å². The van der Waals surface area contributed by atoms with Crippen LogP contribution in [0, 0.1) is 0 Å². The van der Waals surface area contributed by atoms with Gasteiger partial charge in [-0.15, -0.1) is 0 Å². The van der Waals surface area contributed by atoms with Gasteiger partial charge in [0.25, 0.3) is 0 Å². The van der Waals surface area contributed by atoms with Crippen LogP contribution in [-0.2, 0) is 20.9 Å². The molecule has 2 atom stereocenters. The Morgan fingerprint density at radius 3 is 2.09 bits per heavy atom. The number of hydrogen-bond donors (Lipinski definition) is 2. The third kappa shape index (κ3) is 9.33. The first kappa shape index (κ1) is 28.9. The third-order valence-electron chi connectivity index (χ3n) is 5.99. The van der Waals surface area contributed by atoms with Gasteiger partial charge in [-0.2, -0.15) is 26.3 Å². The molecular formula is C21H28F6N2O6. The number of nitrogens with zero attached hydrogens (tertiary/aromatic N) is 2. The summed E-state index contributed by atoms with van der Waals surface area (Å²) in [5.74, 6) is -5.51. The fraction of sp³-hybridized carbons (Fsp3) is 0.714. The molecule has 8 nitrogen and oxygen atoms in total. The monoisotopic (exact) mass is 518 g/mol. The molecule has 3 fully saturated rings. The first-order valence-electron chi connectivity index (χ1n) is 10.9. The van der Waals surface area contributed by atoms with Gasteiger partial charge in [0, 0.05) is 37.8 Å². The summed E-state index contributed by atoms with van der Waals surface area (Å²) in [4.78, 5) is 23.0. The van der Waals surface area contributed by atoms with Crippen LogP contribution in [0.5, 0.6) is 0 Å². The Morgan fingerprint density at radius 2 is 1.60 bits per heavy atom. The first-order valence-corrected chi connectivity index (χ1v) is 10.9. The van der Waals surface area contributed by atoms with Crippen LogP contribution in [0.2, 0.25) is 0 Å². The van der Waals surface area contributed by atoms with Gasteiger partial charge in [-0.25, -0.2) is 9.59 Å². The molecule has 0 aliphatic carbocycles. The lowest BCUT2D eigenvalue weighted by Gasteiger charge is -2.41. The zero-order valence-corrected chi connectivity index (χ0v) is 18.8. The Hall–Kier alpha value is -2.32. The van der Waals surface area contributed by atoms with E-state index in [0.29, 0.717) is 0 Å². The number of furan rings is 1. The Bertz CT molecular complexity index is 786. The van der Waals surface area contributed by atoms with Gasteiger partial charge in [0.15, 0.2) is 0 Å². The zero-order chi connectivity index (χ0) is 26.3. The lowest BCUT2D eigenvalue weighted by atomic mass is 9.89. The van der Waals surface area contributed by atoms with Gasteiger partial charge in [-0.3, -0.25) is 4.90 Å². The van der Waals surface area contributed by atoms with Gasteiger partial charge < -0.3 is 24.3 Å². The van der Waals surface area contributed by atoms with E-state index >= 15 is 0 Å². The van der Waals surface area contributed by atoms with E-state index in [-0.39, 0.29) is 5.60 Å². The van der Waals surface area contributed by atoms with Crippen molar-refractivity contribution in [3.8, 4) is 0 Å². The van der Waals surface area contributed by atoms with Crippen LogP contribution in [0.3, 0.4) is 0 Å². The number of carbonyl (C=O) groups is 2. The van der Waals surface area contributed by atoms with Crippen LogP contribution in [0.4, 0.5) is 26.3 Å². The standard InChI is InChI=1S/C17H26N2O2.2C2HF3O2/c1-2-7-19(6-1)16-4-10-21-17(11-16)5-8-18(14-17)12-15-3-9-20-13-15;2*3-2(4,5)1(6)7/h3,9,13,16H,1-2,4-8,10-12,14H2;2*(H,6,7)/t16-,17+;;/m0../s1. The van der Waals surface area contributed by atoms with Crippen molar-refractivity contribution in [2.24, 2.45) is 0 Å². The van der Waals surface area contributed by atoms with Gasteiger partial charge >= 0.3 is 24.3 Å². The molecule has 0 unspecified atom stereocenters. The van der Waals surface area contributed by atoms with Crippen LogP contribution in [-0.4, -0.2) is 88.7 Å². The van der Waals surface area contributed by atoms with E-state index < -0.39 is 24.3 Å². The molecule has 1 spiro atoms. The summed E-state index contributed by atoms with van der Waals surface area (Å²) in [5.41, 5.74) is 1.40. The minimum absolute atomic E-state index is 0.120. The minimum Gasteiger partial charge on any atom is -0.475 e. The Morgan fingerprint density at radius 1 is 1.03 bits per heavy atom. The third-order valence-corrected chi connectivity index (χ3v) is 5.99. The van der Waals surface area contributed by atoms with Crippen molar-refractivity contribution in [3.63, 3.8) is 0 Å². The van der Waals surface area contributed by atoms with Gasteiger partial charge in [0.2, 0.25) is 0 Å². The largest absolute Gasteiger partial charge is 0.490 e. The molecule has 3 aliphatic heterocycles. The zero-order valence-electron chi connectivity index (χ0n) is 18.8. The van der Waals surface area contributed by atoms with Crippen molar-refractivity contribution < 1.29 is 55.3 Å². The highest BCUT2D eigenvalue weighted by Gasteiger charge is 2.44. The topological polar surface area (TPSA) is 103 Å². The van der Waals surface area contributed by atoms with Crippen molar-refractivity contribution in [1.29, 1.82) is 0 Å². The average molecular weight is 518 g/mol. The fourth-order valence-electron chi connectivity index (χ4n) is 4.41. The number of carboxylic acids is 2. The molecule has 3 saturated heterocycles. The molecule has 14 heteroatoms. The highest BCUT2D eigenvalue weighted by atomic mass is 19.4. The molecule has 2 N–H and O–H groups in total. The second-order valence-corrected chi connectivity index (χ2v) is 8.62. The van der Waals surface area contributed by atoms with Crippen molar-refractivity contribution in [1.82, 2.24) is 9.80 Å². The highest BCUT2D eigenvalue weighted by Crippen LogP contribution is 2.37. The van der Waals surface area contributed by atoms with Gasteiger partial charge in [-0.1, -0.05) is 0 Å². The molecule has 0 radical (unpaired) electrons. The molecule has 4 rings (SSSR count). The van der Waals surface area contributed by atoms with Crippen LogP contribution in [0.1, 0.15) is 37.7 Å². The van der Waals surface area contributed by atoms with E-state index in [9.17, 15) is 26.3 Å². The molecule has 35 heavy (non-hydrogen) atoms. The number of carboxylic acid groups (broad SMARTS) is 2. The number of aliphatic carboxylic acids is 2. The summed E-state index contributed by atoms with van der Waals surface area (Å²) in [6.45, 7) is 6.79. The number of likely N-dealkylation sites (tertiary alicyclic amines) is 2. The molecular weight excluding hydrogens is 490 g/mol. The van der Waals surface area contributed by atoms with Crippen molar-refractivity contribution in [2.75, 3.05) is 32.8 Å². The maximum absolute atomic E-state index is 10.6. The predicted molar refractivity (Wildman–Crippen MR) is 108 cm³/mol. The lowest BCUT2D eigenvalue weighted by Crippen LogP contribution is -2.49. The van der Waals surface area contributed by atoms with Crippen molar-refractivity contribution in [2.45, 2.75) is 62.6 Å². The maximum Gasteiger partial charge on any atom is 0.490 e. The average Bonchev–Trinajstić information content (AvgIpc) is 3.51. The molecule has 0 amide bonds. The van der Waals surface area contributed by atoms with E-state index in [0.717, 1.165) is 32.3 Å². The van der Waals surface area contributed by atoms with Crippen molar-refractivity contribution in [3.05, 3.63) is 24.2 Å². The van der Waals surface area contributed by atoms with Crippen LogP contribution in [0.15, 0.2) is 23.0 Å². The number of halogens is 6. The van der Waals surface area contributed by atoms with Crippen molar-refractivity contribution >= 4 is 11.9 Å². The van der Waals surface area contributed by atoms with E-state index in [1.807, 2.05) is 6.26 Å². The summed E-state index contributed by atoms with van der Waals surface area (Å²) in [6, 6.07) is 2.83. The first-order chi connectivity index (χ1) is 16.2. The lowest BCUT2D eigenvalue weighted by molar-refractivity contribution is -0.193. The quantitative estimate of drug-likeness (QED) is 0.584. The van der Waals surface area contributed by atoms with Gasteiger partial charge in [0.1, 0.15) is 0 Å². The molecule has 0 saturated carbocycles. The Labute approximate surface area is 197 Å². The number of rotatable bonds is 3. The SMILES string of the molecule is O=C(O)C(F)(F)F.O=C(O)C(F)(F)F.c1cc(CN2CC[C@@]3(C[C@@H](N4CCCC4)CCO3)C2)co1. The molecule has 0 aromatic carbocycles. The second-order valence-electron chi connectivity index (χ2n) is 8.62. The minimum atomic E-state index is -5.08.